The van der Waals surface area contributed by atoms with E-state index >= 15 is 0 Å². The zero-order chi connectivity index (χ0) is 10.8. The lowest BCUT2D eigenvalue weighted by atomic mass is 10.0. The van der Waals surface area contributed by atoms with Gasteiger partial charge in [-0.25, -0.2) is 4.98 Å². The lowest BCUT2D eigenvalue weighted by Gasteiger charge is -2.04. The van der Waals surface area contributed by atoms with Crippen molar-refractivity contribution >= 4 is 22.2 Å². The molecular weight excluding hydrogens is 206 g/mol. The van der Waals surface area contributed by atoms with E-state index < -0.39 is 0 Å². The highest BCUT2D eigenvalue weighted by Crippen LogP contribution is 2.21. The molecule has 0 bridgehead atoms. The smallest absolute Gasteiger partial charge is 0.180 e. The van der Waals surface area contributed by atoms with E-state index in [1.807, 2.05) is 18.3 Å². The third kappa shape index (κ3) is 2.27. The van der Waals surface area contributed by atoms with Crippen LogP contribution in [0.1, 0.15) is 16.0 Å². The van der Waals surface area contributed by atoms with Crippen LogP contribution in [0.2, 0.25) is 0 Å². The van der Waals surface area contributed by atoms with Gasteiger partial charge in [0.25, 0.3) is 0 Å². The number of rotatable bonds is 2. The summed E-state index contributed by atoms with van der Waals surface area (Å²) >= 11 is 1.53. The van der Waals surface area contributed by atoms with Crippen LogP contribution < -0.4 is 11.5 Å². The second-order valence-electron chi connectivity index (χ2n) is 3.53. The van der Waals surface area contributed by atoms with Crippen LogP contribution in [0.15, 0.2) is 24.4 Å². The van der Waals surface area contributed by atoms with Gasteiger partial charge in [0, 0.05) is 23.2 Å². The number of anilines is 2. The minimum absolute atomic E-state index is 0.623. The van der Waals surface area contributed by atoms with Gasteiger partial charge >= 0.3 is 0 Å². The van der Waals surface area contributed by atoms with Crippen molar-refractivity contribution in [2.45, 2.75) is 13.3 Å². The quantitative estimate of drug-likeness (QED) is 0.761. The summed E-state index contributed by atoms with van der Waals surface area (Å²) in [7, 11) is 0. The first kappa shape index (κ1) is 9.98. The SMILES string of the molecule is Cc1cc(N)ccc1Cc1cnc(N)s1. The molecule has 0 aliphatic carbocycles. The lowest BCUT2D eigenvalue weighted by molar-refractivity contribution is 1.18. The van der Waals surface area contributed by atoms with Crippen molar-refractivity contribution in [3.63, 3.8) is 0 Å². The molecule has 0 aliphatic heterocycles. The highest BCUT2D eigenvalue weighted by molar-refractivity contribution is 7.15. The molecule has 0 spiro atoms. The van der Waals surface area contributed by atoms with Gasteiger partial charge in [0.15, 0.2) is 5.13 Å². The average molecular weight is 219 g/mol. The van der Waals surface area contributed by atoms with Gasteiger partial charge in [0.2, 0.25) is 0 Å². The molecule has 0 saturated heterocycles. The molecule has 0 amide bonds. The summed E-state index contributed by atoms with van der Waals surface area (Å²) in [6.07, 6.45) is 2.71. The second-order valence-corrected chi connectivity index (χ2v) is 4.67. The summed E-state index contributed by atoms with van der Waals surface area (Å²) < 4.78 is 0. The van der Waals surface area contributed by atoms with Crippen LogP contribution in [0.5, 0.6) is 0 Å². The fraction of sp³-hybridized carbons (Fsp3) is 0.182. The number of nitrogen functional groups attached to an aromatic ring is 2. The number of thiazole rings is 1. The van der Waals surface area contributed by atoms with E-state index in [0.29, 0.717) is 5.13 Å². The fourth-order valence-electron chi connectivity index (χ4n) is 1.51. The van der Waals surface area contributed by atoms with Crippen LogP contribution in [0.3, 0.4) is 0 Å². The topological polar surface area (TPSA) is 64.9 Å². The molecule has 0 radical (unpaired) electrons. The van der Waals surface area contributed by atoms with Crippen molar-refractivity contribution in [2.24, 2.45) is 0 Å². The molecule has 0 unspecified atom stereocenters. The van der Waals surface area contributed by atoms with E-state index in [0.717, 1.165) is 12.1 Å². The van der Waals surface area contributed by atoms with Crippen molar-refractivity contribution in [1.82, 2.24) is 4.98 Å². The molecular formula is C11H13N3S. The van der Waals surface area contributed by atoms with Crippen LogP contribution in [0, 0.1) is 6.92 Å². The highest BCUT2D eigenvalue weighted by Gasteiger charge is 2.03. The molecule has 4 heteroatoms. The summed E-state index contributed by atoms with van der Waals surface area (Å²) in [4.78, 5) is 5.21. The Morgan fingerprint density at radius 1 is 1.33 bits per heavy atom. The minimum Gasteiger partial charge on any atom is -0.399 e. The first-order chi connectivity index (χ1) is 7.15. The Morgan fingerprint density at radius 3 is 2.73 bits per heavy atom. The first-order valence-corrected chi connectivity index (χ1v) is 5.52. The first-order valence-electron chi connectivity index (χ1n) is 4.70. The van der Waals surface area contributed by atoms with E-state index in [4.69, 9.17) is 11.5 Å². The molecule has 1 aromatic carbocycles. The molecule has 0 saturated carbocycles. The molecule has 78 valence electrons. The Labute approximate surface area is 92.8 Å². The molecule has 3 nitrogen and oxygen atoms in total. The maximum absolute atomic E-state index is 5.70. The monoisotopic (exact) mass is 219 g/mol. The van der Waals surface area contributed by atoms with Gasteiger partial charge in [-0.15, -0.1) is 11.3 Å². The molecule has 1 aromatic heterocycles. The van der Waals surface area contributed by atoms with Gasteiger partial charge in [-0.3, -0.25) is 0 Å². The van der Waals surface area contributed by atoms with Crippen LogP contribution >= 0.6 is 11.3 Å². The molecule has 0 fully saturated rings. The fourth-order valence-corrected chi connectivity index (χ4v) is 2.22. The normalized spacial score (nSPS) is 10.5. The Kier molecular flexibility index (Phi) is 2.60. The van der Waals surface area contributed by atoms with Crippen LogP contribution in [0.25, 0.3) is 0 Å². The van der Waals surface area contributed by atoms with E-state index in [2.05, 4.69) is 18.0 Å². The Hall–Kier alpha value is -1.55. The molecule has 2 rings (SSSR count). The zero-order valence-electron chi connectivity index (χ0n) is 8.53. The van der Waals surface area contributed by atoms with Crippen molar-refractivity contribution in [3.05, 3.63) is 40.4 Å². The van der Waals surface area contributed by atoms with E-state index in [-0.39, 0.29) is 0 Å². The molecule has 4 N–H and O–H groups in total. The van der Waals surface area contributed by atoms with Crippen molar-refractivity contribution in [3.8, 4) is 0 Å². The van der Waals surface area contributed by atoms with Crippen LogP contribution in [0.4, 0.5) is 10.8 Å². The standard InChI is InChI=1S/C11H13N3S/c1-7-4-9(12)3-2-8(7)5-10-6-14-11(13)15-10/h2-4,6H,5,12H2,1H3,(H2,13,14). The number of nitrogens with zero attached hydrogens (tertiary/aromatic N) is 1. The summed E-state index contributed by atoms with van der Waals surface area (Å²) in [6, 6.07) is 5.97. The summed E-state index contributed by atoms with van der Waals surface area (Å²) in [6.45, 7) is 2.07. The highest BCUT2D eigenvalue weighted by atomic mass is 32.1. The van der Waals surface area contributed by atoms with Gasteiger partial charge in [-0.05, 0) is 30.2 Å². The van der Waals surface area contributed by atoms with E-state index in [1.54, 1.807) is 0 Å². The number of hydrogen-bond donors (Lipinski definition) is 2. The summed E-state index contributed by atoms with van der Waals surface area (Å²) in [5.41, 5.74) is 14.6. The average Bonchev–Trinajstić information content (AvgIpc) is 2.56. The summed E-state index contributed by atoms with van der Waals surface area (Å²) in [5, 5.41) is 0.623. The zero-order valence-corrected chi connectivity index (χ0v) is 9.34. The Balaban J connectivity index is 2.24. The number of aryl methyl sites for hydroxylation is 1. The van der Waals surface area contributed by atoms with Gasteiger partial charge in [0.1, 0.15) is 0 Å². The maximum atomic E-state index is 5.70. The van der Waals surface area contributed by atoms with Gasteiger partial charge in [0.05, 0.1) is 0 Å². The van der Waals surface area contributed by atoms with Gasteiger partial charge in [-0.2, -0.15) is 0 Å². The third-order valence-electron chi connectivity index (χ3n) is 2.30. The number of benzene rings is 1. The predicted octanol–water partition coefficient (Wildman–Crippen LogP) is 2.21. The maximum Gasteiger partial charge on any atom is 0.180 e. The number of nitrogens with two attached hydrogens (primary N) is 2. The molecule has 15 heavy (non-hydrogen) atoms. The largest absolute Gasteiger partial charge is 0.399 e. The van der Waals surface area contributed by atoms with Crippen molar-refractivity contribution < 1.29 is 0 Å². The number of hydrogen-bond acceptors (Lipinski definition) is 4. The molecule has 0 aliphatic rings. The molecule has 1 heterocycles. The van der Waals surface area contributed by atoms with Gasteiger partial charge < -0.3 is 11.5 Å². The van der Waals surface area contributed by atoms with Crippen molar-refractivity contribution in [1.29, 1.82) is 0 Å². The molecule has 2 aromatic rings. The third-order valence-corrected chi connectivity index (χ3v) is 3.13. The molecule has 0 atom stereocenters. The van der Waals surface area contributed by atoms with Gasteiger partial charge in [-0.1, -0.05) is 6.07 Å². The van der Waals surface area contributed by atoms with Crippen molar-refractivity contribution in [2.75, 3.05) is 11.5 Å². The Bertz CT molecular complexity index is 476. The second kappa shape index (κ2) is 3.90. The summed E-state index contributed by atoms with van der Waals surface area (Å²) in [5.74, 6) is 0. The van der Waals surface area contributed by atoms with Crippen LogP contribution in [-0.2, 0) is 6.42 Å². The lowest BCUT2D eigenvalue weighted by Crippen LogP contribution is -1.92. The number of aromatic nitrogens is 1. The Morgan fingerprint density at radius 2 is 2.13 bits per heavy atom. The predicted molar refractivity (Wildman–Crippen MR) is 64.9 cm³/mol. The van der Waals surface area contributed by atoms with Crippen LogP contribution in [-0.4, -0.2) is 4.98 Å². The van der Waals surface area contributed by atoms with E-state index in [1.165, 1.54) is 27.3 Å². The minimum atomic E-state index is 0.623. The van der Waals surface area contributed by atoms with E-state index in [9.17, 15) is 0 Å².